The third-order valence-corrected chi connectivity index (χ3v) is 3.71. The van der Waals surface area contributed by atoms with Gasteiger partial charge in [0.05, 0.1) is 12.6 Å². The number of aliphatic imine (C=N–C) groups is 1. The van der Waals surface area contributed by atoms with Crippen LogP contribution < -0.4 is 10.6 Å². The van der Waals surface area contributed by atoms with Crippen LogP contribution in [-0.4, -0.2) is 33.8 Å². The van der Waals surface area contributed by atoms with Crippen LogP contribution in [0.1, 0.15) is 44.2 Å². The van der Waals surface area contributed by atoms with E-state index in [-0.39, 0.29) is 6.04 Å². The van der Waals surface area contributed by atoms with Crippen molar-refractivity contribution in [1.82, 2.24) is 25.4 Å². The Morgan fingerprint density at radius 2 is 2.24 bits per heavy atom. The lowest BCUT2D eigenvalue weighted by molar-refractivity contribution is 0.441. The van der Waals surface area contributed by atoms with E-state index in [0.29, 0.717) is 6.54 Å². The van der Waals surface area contributed by atoms with Crippen LogP contribution in [0.3, 0.4) is 0 Å². The van der Waals surface area contributed by atoms with Crippen molar-refractivity contribution < 1.29 is 4.42 Å². The summed E-state index contributed by atoms with van der Waals surface area (Å²) >= 11 is 0. The second kappa shape index (κ2) is 9.05. The van der Waals surface area contributed by atoms with Crippen molar-refractivity contribution in [1.29, 1.82) is 0 Å². The highest BCUT2D eigenvalue weighted by Crippen LogP contribution is 2.15. The van der Waals surface area contributed by atoms with Crippen LogP contribution in [0.15, 0.2) is 40.0 Å². The van der Waals surface area contributed by atoms with E-state index in [2.05, 4.69) is 39.3 Å². The smallest absolute Gasteiger partial charge is 0.192 e. The molecule has 0 radical (unpaired) electrons. The molecule has 0 aliphatic carbocycles. The number of guanidine groups is 1. The van der Waals surface area contributed by atoms with E-state index in [1.807, 2.05) is 37.5 Å². The highest BCUT2D eigenvalue weighted by atomic mass is 16.3. The summed E-state index contributed by atoms with van der Waals surface area (Å²) in [6.45, 7) is 14.0. The Morgan fingerprint density at radius 3 is 2.88 bits per heavy atom. The maximum Gasteiger partial charge on any atom is 0.192 e. The van der Waals surface area contributed by atoms with Crippen LogP contribution >= 0.6 is 0 Å². The van der Waals surface area contributed by atoms with E-state index < -0.39 is 0 Å². The quantitative estimate of drug-likeness (QED) is 0.437. The molecule has 25 heavy (non-hydrogen) atoms. The molecule has 0 saturated carbocycles. The first kappa shape index (κ1) is 18.8. The molecule has 136 valence electrons. The molecule has 0 fully saturated rings. The van der Waals surface area contributed by atoms with Gasteiger partial charge in [0.1, 0.15) is 23.7 Å². The van der Waals surface area contributed by atoms with Crippen molar-refractivity contribution in [2.45, 2.75) is 46.7 Å². The van der Waals surface area contributed by atoms with Crippen molar-refractivity contribution in [3.8, 4) is 0 Å². The zero-order valence-corrected chi connectivity index (χ0v) is 15.5. The molecule has 7 nitrogen and oxygen atoms in total. The molecule has 2 N–H and O–H groups in total. The van der Waals surface area contributed by atoms with Crippen LogP contribution in [0.5, 0.6) is 0 Å². The lowest BCUT2D eigenvalue weighted by Gasteiger charge is -2.17. The Morgan fingerprint density at radius 1 is 1.44 bits per heavy atom. The number of rotatable bonds is 8. The van der Waals surface area contributed by atoms with Crippen LogP contribution in [0.2, 0.25) is 0 Å². The van der Waals surface area contributed by atoms with Crippen molar-refractivity contribution in [2.24, 2.45) is 4.99 Å². The second-order valence-corrected chi connectivity index (χ2v) is 6.16. The molecule has 1 unspecified atom stereocenters. The molecular weight excluding hydrogens is 316 g/mol. The first-order valence-corrected chi connectivity index (χ1v) is 8.61. The Balaban J connectivity index is 1.95. The molecule has 0 bridgehead atoms. The molecule has 2 aromatic heterocycles. The van der Waals surface area contributed by atoms with Crippen molar-refractivity contribution in [3.05, 3.63) is 48.0 Å². The molecule has 0 aromatic carbocycles. The summed E-state index contributed by atoms with van der Waals surface area (Å²) in [5, 5.41) is 14.8. The molecule has 2 heterocycles. The van der Waals surface area contributed by atoms with Gasteiger partial charge in [-0.25, -0.2) is 4.99 Å². The lowest BCUT2D eigenvalue weighted by atomic mass is 10.2. The summed E-state index contributed by atoms with van der Waals surface area (Å²) in [5.74, 6) is 3.50. The average molecular weight is 344 g/mol. The summed E-state index contributed by atoms with van der Waals surface area (Å²) in [6.07, 6.45) is 2.62. The Bertz CT molecular complexity index is 715. The predicted octanol–water partition coefficient (Wildman–Crippen LogP) is 2.61. The van der Waals surface area contributed by atoms with Gasteiger partial charge < -0.3 is 19.6 Å². The summed E-state index contributed by atoms with van der Waals surface area (Å²) in [5.41, 5.74) is 1.01. The van der Waals surface area contributed by atoms with Gasteiger partial charge in [0.15, 0.2) is 5.96 Å². The zero-order chi connectivity index (χ0) is 18.2. The second-order valence-electron chi connectivity index (χ2n) is 6.16. The molecule has 0 aliphatic rings. The minimum absolute atomic E-state index is 0.0196. The van der Waals surface area contributed by atoms with E-state index in [4.69, 9.17) is 4.42 Å². The van der Waals surface area contributed by atoms with E-state index in [0.717, 1.165) is 48.4 Å². The first-order valence-electron chi connectivity index (χ1n) is 8.61. The maximum atomic E-state index is 5.68. The topological polar surface area (TPSA) is 80.3 Å². The first-order chi connectivity index (χ1) is 12.0. The number of hydrogen-bond donors (Lipinski definition) is 2. The number of aromatic nitrogens is 3. The van der Waals surface area contributed by atoms with E-state index >= 15 is 0 Å². The molecule has 2 aromatic rings. The third-order valence-electron chi connectivity index (χ3n) is 3.71. The minimum Gasteiger partial charge on any atom is -0.464 e. The van der Waals surface area contributed by atoms with E-state index in [1.165, 1.54) is 0 Å². The van der Waals surface area contributed by atoms with Crippen molar-refractivity contribution >= 4 is 5.96 Å². The lowest BCUT2D eigenvalue weighted by Crippen LogP contribution is -2.40. The standard InChI is InChI=1S/C18H28N6O/c1-6-17-23-21-12-24(17)10-9-19-18(20-11-13(2)3)22-15(5)16-8-7-14(4)25-16/h7-8,12,15H,2,6,9-11H2,1,3-5H3,(H2,19,20,22). The molecule has 0 spiro atoms. The monoisotopic (exact) mass is 344 g/mol. The zero-order valence-electron chi connectivity index (χ0n) is 15.5. The SMILES string of the molecule is C=C(C)CN=C(NCCn1cnnc1CC)NC(C)c1ccc(C)o1. The number of furan rings is 1. The van der Waals surface area contributed by atoms with Gasteiger partial charge >= 0.3 is 0 Å². The fourth-order valence-electron chi connectivity index (χ4n) is 2.36. The fourth-order valence-corrected chi connectivity index (χ4v) is 2.36. The van der Waals surface area contributed by atoms with Gasteiger partial charge in [0.2, 0.25) is 0 Å². The Kier molecular flexibility index (Phi) is 6.80. The normalized spacial score (nSPS) is 12.9. The van der Waals surface area contributed by atoms with Gasteiger partial charge in [-0.05, 0) is 32.9 Å². The van der Waals surface area contributed by atoms with Crippen molar-refractivity contribution in [2.75, 3.05) is 13.1 Å². The van der Waals surface area contributed by atoms with Crippen molar-refractivity contribution in [3.63, 3.8) is 0 Å². The Hall–Kier alpha value is -2.57. The van der Waals surface area contributed by atoms with E-state index in [1.54, 1.807) is 6.33 Å². The van der Waals surface area contributed by atoms with Gasteiger partial charge in [0.25, 0.3) is 0 Å². The molecule has 1 atom stereocenters. The van der Waals surface area contributed by atoms with Gasteiger partial charge in [-0.2, -0.15) is 0 Å². The maximum absolute atomic E-state index is 5.68. The largest absolute Gasteiger partial charge is 0.464 e. The number of nitrogens with zero attached hydrogens (tertiary/aromatic N) is 4. The van der Waals surface area contributed by atoms with Gasteiger partial charge in [0, 0.05) is 19.5 Å². The van der Waals surface area contributed by atoms with Crippen LogP contribution in [0, 0.1) is 6.92 Å². The fraction of sp³-hybridized carbons (Fsp3) is 0.500. The molecule has 0 amide bonds. The summed E-state index contributed by atoms with van der Waals surface area (Å²) in [6, 6.07) is 3.96. The number of nitrogens with one attached hydrogen (secondary N) is 2. The average Bonchev–Trinajstić information content (AvgIpc) is 3.20. The molecule has 7 heteroatoms. The summed E-state index contributed by atoms with van der Waals surface area (Å²) in [7, 11) is 0. The summed E-state index contributed by atoms with van der Waals surface area (Å²) < 4.78 is 7.73. The summed E-state index contributed by atoms with van der Waals surface area (Å²) in [4.78, 5) is 4.57. The third kappa shape index (κ3) is 5.77. The molecule has 0 aliphatic heterocycles. The Labute approximate surface area is 149 Å². The minimum atomic E-state index is 0.0196. The molecular formula is C18H28N6O. The molecule has 2 rings (SSSR count). The van der Waals surface area contributed by atoms with Crippen LogP contribution in [0.25, 0.3) is 0 Å². The highest BCUT2D eigenvalue weighted by molar-refractivity contribution is 5.80. The van der Waals surface area contributed by atoms with Crippen LogP contribution in [-0.2, 0) is 13.0 Å². The highest BCUT2D eigenvalue weighted by Gasteiger charge is 2.11. The van der Waals surface area contributed by atoms with E-state index in [9.17, 15) is 0 Å². The van der Waals surface area contributed by atoms with Gasteiger partial charge in [-0.15, -0.1) is 10.2 Å². The van der Waals surface area contributed by atoms with Gasteiger partial charge in [-0.3, -0.25) is 0 Å². The predicted molar refractivity (Wildman–Crippen MR) is 99.5 cm³/mol. The van der Waals surface area contributed by atoms with Gasteiger partial charge in [-0.1, -0.05) is 19.1 Å². The molecule has 0 saturated heterocycles. The number of hydrogen-bond acceptors (Lipinski definition) is 4. The number of aryl methyl sites for hydroxylation is 2. The van der Waals surface area contributed by atoms with Crippen LogP contribution in [0.4, 0.5) is 0 Å².